The summed E-state index contributed by atoms with van der Waals surface area (Å²) < 4.78 is 13.7. The maximum Gasteiger partial charge on any atom is 0.410 e. The first-order valence-electron chi connectivity index (χ1n) is 8.83. The fourth-order valence-corrected chi connectivity index (χ4v) is 3.02. The minimum absolute atomic E-state index is 0.135. The van der Waals surface area contributed by atoms with Crippen molar-refractivity contribution in [3.05, 3.63) is 18.2 Å². The smallest absolute Gasteiger partial charge is 0.410 e. The van der Waals surface area contributed by atoms with Gasteiger partial charge in [0.25, 0.3) is 0 Å². The Kier molecular flexibility index (Phi) is 5.91. The molecule has 2 heterocycles. The van der Waals surface area contributed by atoms with Crippen molar-refractivity contribution in [2.75, 3.05) is 19.7 Å². The van der Waals surface area contributed by atoms with E-state index >= 15 is 0 Å². The number of piperidine rings is 1. The van der Waals surface area contributed by atoms with Gasteiger partial charge < -0.3 is 18.9 Å². The van der Waals surface area contributed by atoms with Crippen molar-refractivity contribution >= 4 is 6.09 Å². The Labute approximate surface area is 145 Å². The monoisotopic (exact) mass is 337 g/mol. The van der Waals surface area contributed by atoms with E-state index in [0.717, 1.165) is 31.5 Å². The van der Waals surface area contributed by atoms with Crippen LogP contribution < -0.4 is 0 Å². The van der Waals surface area contributed by atoms with Crippen molar-refractivity contribution in [3.8, 4) is 0 Å². The molecule has 0 saturated carbocycles. The highest BCUT2D eigenvalue weighted by atomic mass is 16.6. The van der Waals surface area contributed by atoms with Crippen molar-refractivity contribution in [2.45, 2.75) is 64.6 Å². The minimum atomic E-state index is -0.449. The molecule has 1 amide bonds. The molecule has 1 aromatic heterocycles. The molecule has 0 unspecified atom stereocenters. The van der Waals surface area contributed by atoms with Gasteiger partial charge >= 0.3 is 6.09 Å². The van der Waals surface area contributed by atoms with Crippen LogP contribution in [0.5, 0.6) is 0 Å². The van der Waals surface area contributed by atoms with Crippen LogP contribution in [0.4, 0.5) is 4.79 Å². The van der Waals surface area contributed by atoms with Crippen LogP contribution in [0.2, 0.25) is 0 Å². The number of ether oxygens (including phenoxy) is 2. The molecule has 136 valence electrons. The maximum atomic E-state index is 12.2. The van der Waals surface area contributed by atoms with E-state index < -0.39 is 5.60 Å². The SMILES string of the molecule is CCC1(OCCc2nccn2C)CCN(C(=O)OC(C)(C)C)CC1. The Morgan fingerprint density at radius 2 is 2.00 bits per heavy atom. The molecule has 0 N–H and O–H groups in total. The van der Waals surface area contributed by atoms with Gasteiger partial charge in [-0.25, -0.2) is 9.78 Å². The minimum Gasteiger partial charge on any atom is -0.444 e. The number of carbonyl (C=O) groups excluding carboxylic acids is 1. The van der Waals surface area contributed by atoms with Gasteiger partial charge in [0.1, 0.15) is 11.4 Å². The molecule has 24 heavy (non-hydrogen) atoms. The summed E-state index contributed by atoms with van der Waals surface area (Å²) in [4.78, 5) is 18.3. The Bertz CT molecular complexity index is 540. The first-order chi connectivity index (χ1) is 11.2. The number of amides is 1. The quantitative estimate of drug-likeness (QED) is 0.828. The van der Waals surface area contributed by atoms with Crippen LogP contribution in [-0.2, 0) is 22.9 Å². The lowest BCUT2D eigenvalue weighted by atomic mass is 9.88. The number of aromatic nitrogens is 2. The largest absolute Gasteiger partial charge is 0.444 e. The van der Waals surface area contributed by atoms with Crippen molar-refractivity contribution in [2.24, 2.45) is 7.05 Å². The zero-order valence-electron chi connectivity index (χ0n) is 15.7. The molecule has 1 saturated heterocycles. The summed E-state index contributed by atoms with van der Waals surface area (Å²) in [7, 11) is 2.00. The molecule has 1 aliphatic rings. The number of aryl methyl sites for hydroxylation is 1. The highest BCUT2D eigenvalue weighted by molar-refractivity contribution is 5.68. The Hall–Kier alpha value is -1.56. The number of hydrogen-bond acceptors (Lipinski definition) is 4. The van der Waals surface area contributed by atoms with Gasteiger partial charge in [-0.05, 0) is 40.0 Å². The molecule has 0 spiro atoms. The van der Waals surface area contributed by atoms with E-state index in [1.165, 1.54) is 0 Å². The molecular weight excluding hydrogens is 306 g/mol. The first-order valence-corrected chi connectivity index (χ1v) is 8.83. The topological polar surface area (TPSA) is 56.6 Å². The van der Waals surface area contributed by atoms with Crippen molar-refractivity contribution < 1.29 is 14.3 Å². The van der Waals surface area contributed by atoms with Crippen LogP contribution in [-0.4, -0.2) is 51.4 Å². The first kappa shape index (κ1) is 18.8. The number of hydrogen-bond donors (Lipinski definition) is 0. The third-order valence-corrected chi connectivity index (χ3v) is 4.63. The van der Waals surface area contributed by atoms with E-state index in [0.29, 0.717) is 19.7 Å². The standard InChI is InChI=1S/C18H31N3O3/c1-6-18(23-14-7-15-19-10-13-20(15)5)8-11-21(12-9-18)16(22)24-17(2,3)4/h10,13H,6-9,11-12,14H2,1-5H3. The van der Waals surface area contributed by atoms with Gasteiger partial charge in [-0.2, -0.15) is 0 Å². The van der Waals surface area contributed by atoms with Crippen LogP contribution in [0.25, 0.3) is 0 Å². The summed E-state index contributed by atoms with van der Waals surface area (Å²) in [5, 5.41) is 0. The molecule has 1 aromatic rings. The third-order valence-electron chi connectivity index (χ3n) is 4.63. The molecule has 0 bridgehead atoms. The Balaban J connectivity index is 1.82. The van der Waals surface area contributed by atoms with Gasteiger partial charge in [-0.15, -0.1) is 0 Å². The van der Waals surface area contributed by atoms with Gasteiger partial charge in [0.15, 0.2) is 0 Å². The second-order valence-electron chi connectivity index (χ2n) is 7.56. The molecule has 2 rings (SSSR count). The van der Waals surface area contributed by atoms with E-state index in [9.17, 15) is 4.79 Å². The van der Waals surface area contributed by atoms with Crippen LogP contribution in [0, 0.1) is 0 Å². The number of imidazole rings is 1. The lowest BCUT2D eigenvalue weighted by Gasteiger charge is -2.41. The average molecular weight is 337 g/mol. The fraction of sp³-hybridized carbons (Fsp3) is 0.778. The fourth-order valence-electron chi connectivity index (χ4n) is 3.02. The van der Waals surface area contributed by atoms with E-state index in [1.54, 1.807) is 4.90 Å². The summed E-state index contributed by atoms with van der Waals surface area (Å²) >= 11 is 0. The lowest BCUT2D eigenvalue weighted by Crippen LogP contribution is -2.49. The van der Waals surface area contributed by atoms with Crippen molar-refractivity contribution in [1.29, 1.82) is 0 Å². The molecule has 0 radical (unpaired) electrons. The predicted molar refractivity (Wildman–Crippen MR) is 92.9 cm³/mol. The molecule has 0 atom stereocenters. The Morgan fingerprint density at radius 3 is 2.50 bits per heavy atom. The van der Waals surface area contributed by atoms with Gasteiger partial charge in [-0.3, -0.25) is 0 Å². The summed E-state index contributed by atoms with van der Waals surface area (Å²) in [6.07, 6.45) is 7.00. The van der Waals surface area contributed by atoms with Crippen molar-refractivity contribution in [1.82, 2.24) is 14.5 Å². The molecule has 1 fully saturated rings. The van der Waals surface area contributed by atoms with Gasteiger partial charge in [-0.1, -0.05) is 6.92 Å². The summed E-state index contributed by atoms with van der Waals surface area (Å²) in [6, 6.07) is 0. The molecule has 6 nitrogen and oxygen atoms in total. The highest BCUT2D eigenvalue weighted by Crippen LogP contribution is 2.30. The van der Waals surface area contributed by atoms with Crippen LogP contribution >= 0.6 is 0 Å². The van der Waals surface area contributed by atoms with Crippen molar-refractivity contribution in [3.63, 3.8) is 0 Å². The van der Waals surface area contributed by atoms with E-state index in [-0.39, 0.29) is 11.7 Å². The number of likely N-dealkylation sites (tertiary alicyclic amines) is 1. The zero-order chi connectivity index (χ0) is 17.8. The van der Waals surface area contributed by atoms with Gasteiger partial charge in [0, 0.05) is 39.0 Å². The molecule has 0 aromatic carbocycles. The summed E-state index contributed by atoms with van der Waals surface area (Å²) in [5.41, 5.74) is -0.585. The van der Waals surface area contributed by atoms with Crippen LogP contribution in [0.1, 0.15) is 52.8 Å². The van der Waals surface area contributed by atoms with Gasteiger partial charge in [0.2, 0.25) is 0 Å². The molecule has 1 aliphatic heterocycles. The highest BCUT2D eigenvalue weighted by Gasteiger charge is 2.36. The molecule has 0 aliphatic carbocycles. The van der Waals surface area contributed by atoms with E-state index in [4.69, 9.17) is 9.47 Å². The number of nitrogens with zero attached hydrogens (tertiary/aromatic N) is 3. The van der Waals surface area contributed by atoms with Crippen LogP contribution in [0.15, 0.2) is 12.4 Å². The number of rotatable bonds is 5. The average Bonchev–Trinajstić information content (AvgIpc) is 2.91. The normalized spacial score (nSPS) is 17.8. The number of carbonyl (C=O) groups is 1. The van der Waals surface area contributed by atoms with Crippen LogP contribution in [0.3, 0.4) is 0 Å². The lowest BCUT2D eigenvalue weighted by molar-refractivity contribution is -0.0860. The van der Waals surface area contributed by atoms with E-state index in [1.807, 2.05) is 44.8 Å². The summed E-state index contributed by atoms with van der Waals surface area (Å²) in [5.74, 6) is 1.03. The second-order valence-corrected chi connectivity index (χ2v) is 7.56. The molecule has 6 heteroatoms. The predicted octanol–water partition coefficient (Wildman–Crippen LogP) is 3.16. The molecular formula is C18H31N3O3. The van der Waals surface area contributed by atoms with Gasteiger partial charge in [0.05, 0.1) is 12.2 Å². The Morgan fingerprint density at radius 1 is 1.33 bits per heavy atom. The van der Waals surface area contributed by atoms with E-state index in [2.05, 4.69) is 11.9 Å². The third kappa shape index (κ3) is 4.97. The maximum absolute atomic E-state index is 12.2. The zero-order valence-corrected chi connectivity index (χ0v) is 15.7. The second kappa shape index (κ2) is 7.55. The summed E-state index contributed by atoms with van der Waals surface area (Å²) in [6.45, 7) is 9.87.